The second-order valence-electron chi connectivity index (χ2n) is 9.70. The molecule has 0 bridgehead atoms. The predicted molar refractivity (Wildman–Crippen MR) is 170 cm³/mol. The van der Waals surface area contributed by atoms with E-state index in [0.717, 1.165) is 0 Å². The van der Waals surface area contributed by atoms with E-state index in [-0.39, 0.29) is 0 Å². The maximum absolute atomic E-state index is 2.52. The standard InChI is InChI=1S/C34H19NS3/c1-2-10-20(11-3-1)21-14-8-15-22-23-16-9-18-27(32(23)37-31(21)22)35-26-17-6-4-12-24(26)29-30-25-13-5-7-19-28(25)36-34(30)38-33(29)35/h1-19H. The van der Waals surface area contributed by atoms with Crippen molar-refractivity contribution < 1.29 is 0 Å². The van der Waals surface area contributed by atoms with Crippen LogP contribution in [0.1, 0.15) is 0 Å². The van der Waals surface area contributed by atoms with E-state index in [1.165, 1.54) is 77.6 Å². The smallest absolute Gasteiger partial charge is 0.110 e. The van der Waals surface area contributed by atoms with Gasteiger partial charge in [0.05, 0.1) is 19.9 Å². The number of nitrogens with zero attached hydrogens (tertiary/aromatic N) is 1. The van der Waals surface area contributed by atoms with E-state index in [1.807, 2.05) is 34.0 Å². The summed E-state index contributed by atoms with van der Waals surface area (Å²) in [6.07, 6.45) is 0. The molecule has 38 heavy (non-hydrogen) atoms. The summed E-state index contributed by atoms with van der Waals surface area (Å²) in [5.74, 6) is 0. The highest BCUT2D eigenvalue weighted by Gasteiger charge is 2.22. The van der Waals surface area contributed by atoms with Crippen LogP contribution in [0.15, 0.2) is 115 Å². The summed E-state index contributed by atoms with van der Waals surface area (Å²) in [5.41, 5.74) is 5.12. The van der Waals surface area contributed by atoms with Crippen LogP contribution in [0.2, 0.25) is 0 Å². The maximum Gasteiger partial charge on any atom is 0.110 e. The zero-order chi connectivity index (χ0) is 24.8. The number of thiophene rings is 3. The predicted octanol–water partition coefficient (Wildman–Crippen LogP) is 11.2. The minimum Gasteiger partial charge on any atom is -0.299 e. The molecule has 4 aromatic heterocycles. The summed E-state index contributed by atoms with van der Waals surface area (Å²) >= 11 is 5.78. The SMILES string of the molecule is c1ccc(-c2cccc3c2sc2c(-n4c5ccccc5c5c6c(sc7ccccc76)sc54)cccc23)cc1. The van der Waals surface area contributed by atoms with Crippen molar-refractivity contribution >= 4 is 94.8 Å². The Balaban J connectivity index is 1.42. The fraction of sp³-hybridized carbons (Fsp3) is 0. The molecule has 5 aromatic carbocycles. The van der Waals surface area contributed by atoms with Crippen LogP contribution in [-0.4, -0.2) is 4.57 Å². The van der Waals surface area contributed by atoms with Gasteiger partial charge in [0.2, 0.25) is 0 Å². The third-order valence-electron chi connectivity index (χ3n) is 7.66. The molecule has 0 spiro atoms. The van der Waals surface area contributed by atoms with E-state index >= 15 is 0 Å². The number of benzene rings is 5. The van der Waals surface area contributed by atoms with Crippen LogP contribution in [-0.2, 0) is 0 Å². The molecule has 0 atom stereocenters. The second kappa shape index (κ2) is 7.78. The molecule has 4 heteroatoms. The van der Waals surface area contributed by atoms with Gasteiger partial charge in [0.15, 0.2) is 0 Å². The lowest BCUT2D eigenvalue weighted by Gasteiger charge is -2.08. The summed E-state index contributed by atoms with van der Waals surface area (Å²) in [4.78, 5) is 1.34. The largest absolute Gasteiger partial charge is 0.299 e. The third-order valence-corrected chi connectivity index (χ3v) is 11.4. The summed E-state index contributed by atoms with van der Waals surface area (Å²) in [7, 11) is 0. The molecule has 4 heterocycles. The van der Waals surface area contributed by atoms with Gasteiger partial charge >= 0.3 is 0 Å². The van der Waals surface area contributed by atoms with Gasteiger partial charge in [0, 0.05) is 41.7 Å². The highest BCUT2D eigenvalue weighted by molar-refractivity contribution is 7.44. The Morgan fingerprint density at radius 1 is 0.474 bits per heavy atom. The summed E-state index contributed by atoms with van der Waals surface area (Å²) < 4.78 is 8.00. The minimum absolute atomic E-state index is 1.27. The highest BCUT2D eigenvalue weighted by Crippen LogP contribution is 2.50. The Bertz CT molecular complexity index is 2340. The van der Waals surface area contributed by atoms with Crippen LogP contribution < -0.4 is 0 Å². The van der Waals surface area contributed by atoms with Gasteiger partial charge < -0.3 is 0 Å². The third kappa shape index (κ3) is 2.75. The number of aromatic nitrogens is 1. The van der Waals surface area contributed by atoms with Crippen LogP contribution in [0.5, 0.6) is 0 Å². The van der Waals surface area contributed by atoms with E-state index < -0.39 is 0 Å². The van der Waals surface area contributed by atoms with Crippen molar-refractivity contribution in [1.82, 2.24) is 4.57 Å². The zero-order valence-electron chi connectivity index (χ0n) is 20.1. The van der Waals surface area contributed by atoms with Crippen LogP contribution in [0.4, 0.5) is 0 Å². The van der Waals surface area contributed by atoms with Crippen molar-refractivity contribution in [3.8, 4) is 16.8 Å². The van der Waals surface area contributed by atoms with Crippen LogP contribution in [0.3, 0.4) is 0 Å². The summed E-state index contributed by atoms with van der Waals surface area (Å²) in [6, 6.07) is 42.1. The summed E-state index contributed by atoms with van der Waals surface area (Å²) in [6.45, 7) is 0. The lowest BCUT2D eigenvalue weighted by atomic mass is 10.0. The van der Waals surface area contributed by atoms with Crippen molar-refractivity contribution in [3.63, 3.8) is 0 Å². The Labute approximate surface area is 230 Å². The molecule has 0 aliphatic carbocycles. The molecule has 1 nitrogen and oxygen atoms in total. The van der Waals surface area contributed by atoms with Gasteiger partial charge in [-0.3, -0.25) is 4.57 Å². The maximum atomic E-state index is 2.52. The van der Waals surface area contributed by atoms with Crippen molar-refractivity contribution in [3.05, 3.63) is 115 Å². The average molecular weight is 538 g/mol. The molecule has 0 saturated heterocycles. The zero-order valence-corrected chi connectivity index (χ0v) is 22.6. The Hall–Kier alpha value is -3.96. The summed E-state index contributed by atoms with van der Waals surface area (Å²) in [5, 5.41) is 8.17. The number of rotatable bonds is 2. The molecule has 0 unspecified atom stereocenters. The van der Waals surface area contributed by atoms with Crippen molar-refractivity contribution in [1.29, 1.82) is 0 Å². The normalized spacial score (nSPS) is 12.2. The van der Waals surface area contributed by atoms with Gasteiger partial charge in [-0.05, 0) is 29.3 Å². The minimum atomic E-state index is 1.27. The molecule has 0 amide bonds. The topological polar surface area (TPSA) is 4.93 Å². The number of fused-ring (bicyclic) bond motifs is 10. The highest BCUT2D eigenvalue weighted by atomic mass is 32.2. The van der Waals surface area contributed by atoms with Crippen LogP contribution in [0.25, 0.3) is 77.6 Å². The van der Waals surface area contributed by atoms with Crippen LogP contribution >= 0.6 is 34.0 Å². The van der Waals surface area contributed by atoms with Gasteiger partial charge in [-0.2, -0.15) is 0 Å². The first-order valence-corrected chi connectivity index (χ1v) is 15.1. The molecule has 9 aromatic rings. The fourth-order valence-corrected chi connectivity index (χ4v) is 10.1. The first-order valence-electron chi connectivity index (χ1n) is 12.7. The lowest BCUT2D eigenvalue weighted by molar-refractivity contribution is 1.22. The average Bonchev–Trinajstić information content (AvgIpc) is 3.70. The molecule has 0 fully saturated rings. The molecule has 0 aliphatic heterocycles. The van der Waals surface area contributed by atoms with Crippen molar-refractivity contribution in [2.75, 3.05) is 0 Å². The van der Waals surface area contributed by atoms with Crippen molar-refractivity contribution in [2.24, 2.45) is 0 Å². The molecule has 0 radical (unpaired) electrons. The Kier molecular flexibility index (Phi) is 4.30. The Morgan fingerprint density at radius 3 is 2.08 bits per heavy atom. The molecule has 0 aliphatic rings. The van der Waals surface area contributed by atoms with E-state index in [1.54, 1.807) is 0 Å². The van der Waals surface area contributed by atoms with Gasteiger partial charge in [-0.25, -0.2) is 0 Å². The first kappa shape index (κ1) is 21.0. The van der Waals surface area contributed by atoms with E-state index in [4.69, 9.17) is 0 Å². The van der Waals surface area contributed by atoms with E-state index in [2.05, 4.69) is 120 Å². The first-order chi connectivity index (χ1) is 18.9. The molecule has 0 N–H and O–H groups in total. The molecular formula is C34H19NS3. The van der Waals surface area contributed by atoms with Gasteiger partial charge in [-0.15, -0.1) is 34.0 Å². The van der Waals surface area contributed by atoms with Crippen molar-refractivity contribution in [2.45, 2.75) is 0 Å². The van der Waals surface area contributed by atoms with Gasteiger partial charge in [-0.1, -0.05) is 97.1 Å². The Morgan fingerprint density at radius 2 is 1.18 bits per heavy atom. The molecule has 178 valence electrons. The van der Waals surface area contributed by atoms with E-state index in [0.29, 0.717) is 0 Å². The van der Waals surface area contributed by atoms with Gasteiger partial charge in [0.1, 0.15) is 4.83 Å². The number of hydrogen-bond acceptors (Lipinski definition) is 3. The second-order valence-corrected chi connectivity index (χ2v) is 13.0. The molecule has 0 saturated carbocycles. The van der Waals surface area contributed by atoms with Gasteiger partial charge in [0.25, 0.3) is 0 Å². The number of hydrogen-bond donors (Lipinski definition) is 0. The quantitative estimate of drug-likeness (QED) is 0.207. The molecular weight excluding hydrogens is 519 g/mol. The lowest BCUT2D eigenvalue weighted by Crippen LogP contribution is -1.92. The number of para-hydroxylation sites is 1. The fourth-order valence-electron chi connectivity index (χ4n) is 6.04. The van der Waals surface area contributed by atoms with Crippen LogP contribution in [0, 0.1) is 0 Å². The van der Waals surface area contributed by atoms with E-state index in [9.17, 15) is 0 Å². The monoisotopic (exact) mass is 537 g/mol. The molecule has 9 rings (SSSR count).